The lowest BCUT2D eigenvalue weighted by molar-refractivity contribution is 0.0949. The first kappa shape index (κ1) is 15.5. The summed E-state index contributed by atoms with van der Waals surface area (Å²) in [5.74, 6) is 1.40. The van der Waals surface area contributed by atoms with Gasteiger partial charge < -0.3 is 15.0 Å². The number of fused-ring (bicyclic) bond motifs is 1. The third-order valence-corrected chi connectivity index (χ3v) is 5.28. The zero-order valence-electron chi connectivity index (χ0n) is 14.1. The van der Waals surface area contributed by atoms with E-state index < -0.39 is 0 Å². The van der Waals surface area contributed by atoms with E-state index in [4.69, 9.17) is 4.74 Å². The van der Waals surface area contributed by atoms with Crippen LogP contribution in [0.1, 0.15) is 29.6 Å². The Balaban J connectivity index is 1.45. The van der Waals surface area contributed by atoms with E-state index in [1.165, 1.54) is 25.8 Å². The molecule has 1 heterocycles. The van der Waals surface area contributed by atoms with Crippen LogP contribution in [0, 0.1) is 5.92 Å². The van der Waals surface area contributed by atoms with Crippen LogP contribution in [0.5, 0.6) is 5.75 Å². The average Bonchev–Trinajstić information content (AvgIpc) is 3.37. The monoisotopic (exact) mass is 324 g/mol. The van der Waals surface area contributed by atoms with Gasteiger partial charge in [0.05, 0.1) is 7.11 Å². The van der Waals surface area contributed by atoms with Gasteiger partial charge in [-0.05, 0) is 49.2 Å². The summed E-state index contributed by atoms with van der Waals surface area (Å²) in [7, 11) is 1.66. The smallest absolute Gasteiger partial charge is 0.251 e. The van der Waals surface area contributed by atoms with Gasteiger partial charge >= 0.3 is 0 Å². The minimum Gasteiger partial charge on any atom is -0.496 e. The first-order valence-corrected chi connectivity index (χ1v) is 8.84. The summed E-state index contributed by atoms with van der Waals surface area (Å²) < 4.78 is 5.41. The number of hydrogen-bond acceptors (Lipinski definition) is 3. The largest absolute Gasteiger partial charge is 0.496 e. The van der Waals surface area contributed by atoms with E-state index in [-0.39, 0.29) is 5.91 Å². The highest BCUT2D eigenvalue weighted by atomic mass is 16.5. The molecule has 24 heavy (non-hydrogen) atoms. The molecule has 2 aromatic carbocycles. The zero-order chi connectivity index (χ0) is 16.5. The van der Waals surface area contributed by atoms with Gasteiger partial charge in [0.2, 0.25) is 0 Å². The summed E-state index contributed by atoms with van der Waals surface area (Å²) in [5, 5.41) is 5.07. The summed E-state index contributed by atoms with van der Waals surface area (Å²) in [6.45, 7) is 3.09. The molecule has 1 saturated heterocycles. The molecule has 0 aromatic heterocycles. The van der Waals surface area contributed by atoms with Crippen molar-refractivity contribution in [1.29, 1.82) is 0 Å². The fourth-order valence-corrected chi connectivity index (χ4v) is 3.78. The Kier molecular flexibility index (Phi) is 4.15. The molecule has 2 fully saturated rings. The minimum atomic E-state index is 0.0127. The van der Waals surface area contributed by atoms with Crippen molar-refractivity contribution in [3.63, 3.8) is 0 Å². The maximum Gasteiger partial charge on any atom is 0.251 e. The second kappa shape index (κ2) is 6.44. The molecule has 2 aromatic rings. The van der Waals surface area contributed by atoms with Gasteiger partial charge in [0.15, 0.2) is 0 Å². The number of rotatable bonds is 5. The lowest BCUT2D eigenvalue weighted by atomic mass is 10.0. The number of carbonyl (C=O) groups excluding carboxylic acids is 1. The van der Waals surface area contributed by atoms with Crippen LogP contribution in [0.4, 0.5) is 0 Å². The molecule has 126 valence electrons. The van der Waals surface area contributed by atoms with Crippen molar-refractivity contribution in [2.24, 2.45) is 5.92 Å². The molecule has 0 bridgehead atoms. The Morgan fingerprint density at radius 1 is 1.17 bits per heavy atom. The van der Waals surface area contributed by atoms with Gasteiger partial charge in [0.25, 0.3) is 5.91 Å². The highest BCUT2D eigenvalue weighted by Crippen LogP contribution is 2.32. The molecular formula is C20H24N2O2. The van der Waals surface area contributed by atoms with E-state index >= 15 is 0 Å². The topological polar surface area (TPSA) is 41.6 Å². The zero-order valence-corrected chi connectivity index (χ0v) is 14.1. The molecule has 1 aliphatic carbocycles. The van der Waals surface area contributed by atoms with Gasteiger partial charge in [-0.3, -0.25) is 4.79 Å². The summed E-state index contributed by atoms with van der Waals surface area (Å²) in [6.07, 6.45) is 3.91. The highest BCUT2D eigenvalue weighted by molar-refractivity contribution is 6.08. The highest BCUT2D eigenvalue weighted by Gasteiger charge is 2.34. The van der Waals surface area contributed by atoms with Crippen LogP contribution in [0.2, 0.25) is 0 Å². The minimum absolute atomic E-state index is 0.0127. The second-order valence-electron chi connectivity index (χ2n) is 6.95. The molecule has 0 radical (unpaired) electrons. The third-order valence-electron chi connectivity index (χ3n) is 5.28. The number of nitrogens with one attached hydrogen (secondary N) is 1. The van der Waals surface area contributed by atoms with E-state index in [1.807, 2.05) is 36.4 Å². The van der Waals surface area contributed by atoms with Crippen LogP contribution in [0.25, 0.3) is 10.8 Å². The van der Waals surface area contributed by atoms with Crippen LogP contribution in [0.15, 0.2) is 36.4 Å². The van der Waals surface area contributed by atoms with Crippen LogP contribution >= 0.6 is 0 Å². The Labute approximate surface area is 142 Å². The van der Waals surface area contributed by atoms with E-state index in [0.29, 0.717) is 5.92 Å². The lowest BCUT2D eigenvalue weighted by Crippen LogP contribution is -2.31. The second-order valence-corrected chi connectivity index (χ2v) is 6.95. The van der Waals surface area contributed by atoms with Gasteiger partial charge in [-0.25, -0.2) is 0 Å². The van der Waals surface area contributed by atoms with E-state index in [1.54, 1.807) is 7.11 Å². The van der Waals surface area contributed by atoms with Crippen molar-refractivity contribution in [3.8, 4) is 5.75 Å². The SMILES string of the molecule is COc1ccc(C(=O)NCC2CCN(C3CC3)C2)c2ccccc12. The van der Waals surface area contributed by atoms with Crippen molar-refractivity contribution in [3.05, 3.63) is 42.0 Å². The number of likely N-dealkylation sites (tertiary alicyclic amines) is 1. The molecule has 0 spiro atoms. The van der Waals surface area contributed by atoms with Crippen LogP contribution in [0.3, 0.4) is 0 Å². The van der Waals surface area contributed by atoms with Crippen molar-refractivity contribution in [2.45, 2.75) is 25.3 Å². The lowest BCUT2D eigenvalue weighted by Gasteiger charge is -2.16. The molecule has 4 rings (SSSR count). The summed E-state index contributed by atoms with van der Waals surface area (Å²) in [4.78, 5) is 15.3. The Hall–Kier alpha value is -2.07. The maximum atomic E-state index is 12.7. The van der Waals surface area contributed by atoms with Gasteiger partial charge in [0.1, 0.15) is 5.75 Å². The number of carbonyl (C=O) groups is 1. The van der Waals surface area contributed by atoms with Gasteiger partial charge in [0, 0.05) is 30.1 Å². The van der Waals surface area contributed by atoms with E-state index in [2.05, 4.69) is 10.2 Å². The first-order chi connectivity index (χ1) is 11.8. The first-order valence-electron chi connectivity index (χ1n) is 8.84. The molecule has 4 nitrogen and oxygen atoms in total. The van der Waals surface area contributed by atoms with Crippen LogP contribution in [-0.4, -0.2) is 43.6 Å². The van der Waals surface area contributed by atoms with Gasteiger partial charge in [-0.1, -0.05) is 24.3 Å². The standard InChI is InChI=1S/C20H24N2O2/c1-24-19-9-8-18(16-4-2-3-5-17(16)19)20(23)21-12-14-10-11-22(13-14)15-6-7-15/h2-5,8-9,14-15H,6-7,10-13H2,1H3,(H,21,23). The van der Waals surface area contributed by atoms with E-state index in [0.717, 1.165) is 41.2 Å². The predicted molar refractivity (Wildman–Crippen MR) is 95.5 cm³/mol. The third kappa shape index (κ3) is 2.98. The van der Waals surface area contributed by atoms with Crippen LogP contribution < -0.4 is 10.1 Å². The van der Waals surface area contributed by atoms with E-state index in [9.17, 15) is 4.79 Å². The Morgan fingerprint density at radius 2 is 1.96 bits per heavy atom. The number of benzene rings is 2. The molecule has 2 aliphatic rings. The summed E-state index contributed by atoms with van der Waals surface area (Å²) >= 11 is 0. The van der Waals surface area contributed by atoms with Crippen molar-refractivity contribution < 1.29 is 9.53 Å². The number of methoxy groups -OCH3 is 1. The number of ether oxygens (including phenoxy) is 1. The average molecular weight is 324 g/mol. The number of nitrogens with zero attached hydrogens (tertiary/aromatic N) is 1. The summed E-state index contributed by atoms with van der Waals surface area (Å²) in [6, 6.07) is 12.5. The van der Waals surface area contributed by atoms with Gasteiger partial charge in [-0.2, -0.15) is 0 Å². The van der Waals surface area contributed by atoms with Crippen molar-refractivity contribution in [1.82, 2.24) is 10.2 Å². The van der Waals surface area contributed by atoms with Crippen molar-refractivity contribution >= 4 is 16.7 Å². The number of amides is 1. The predicted octanol–water partition coefficient (Wildman–Crippen LogP) is 3.06. The quantitative estimate of drug-likeness (QED) is 0.919. The molecule has 1 unspecified atom stereocenters. The fourth-order valence-electron chi connectivity index (χ4n) is 3.78. The molecular weight excluding hydrogens is 300 g/mol. The fraction of sp³-hybridized carbons (Fsp3) is 0.450. The summed E-state index contributed by atoms with van der Waals surface area (Å²) in [5.41, 5.74) is 0.725. The molecule has 1 amide bonds. The van der Waals surface area contributed by atoms with Crippen LogP contribution in [-0.2, 0) is 0 Å². The maximum absolute atomic E-state index is 12.7. The Morgan fingerprint density at radius 3 is 2.71 bits per heavy atom. The molecule has 1 atom stereocenters. The normalized spacial score (nSPS) is 21.1. The van der Waals surface area contributed by atoms with Crippen molar-refractivity contribution in [2.75, 3.05) is 26.7 Å². The molecule has 4 heteroatoms. The number of hydrogen-bond donors (Lipinski definition) is 1. The molecule has 1 saturated carbocycles. The Bertz CT molecular complexity index is 754. The molecule has 1 aliphatic heterocycles. The van der Waals surface area contributed by atoms with Gasteiger partial charge in [-0.15, -0.1) is 0 Å². The molecule has 1 N–H and O–H groups in total.